The van der Waals surface area contributed by atoms with Crippen LogP contribution < -0.4 is 16.0 Å². The van der Waals surface area contributed by atoms with Crippen LogP contribution in [0.3, 0.4) is 0 Å². The number of aromatic nitrogens is 2. The topological polar surface area (TPSA) is 73.1 Å². The molecule has 1 unspecified atom stereocenters. The molecular formula is C16H22N4O. The first-order chi connectivity index (χ1) is 10.2. The van der Waals surface area contributed by atoms with Crippen LogP contribution in [0.4, 0.5) is 5.82 Å². The van der Waals surface area contributed by atoms with Crippen molar-refractivity contribution in [2.45, 2.75) is 39.5 Å². The molecule has 0 radical (unpaired) electrons. The van der Waals surface area contributed by atoms with E-state index in [2.05, 4.69) is 41.4 Å². The maximum Gasteiger partial charge on any atom is 0.227 e. The van der Waals surface area contributed by atoms with Gasteiger partial charge in [0, 0.05) is 0 Å². The highest BCUT2D eigenvalue weighted by Gasteiger charge is 2.11. The molecule has 1 aromatic carbocycles. The summed E-state index contributed by atoms with van der Waals surface area (Å²) >= 11 is 0. The fourth-order valence-electron chi connectivity index (χ4n) is 2.14. The van der Waals surface area contributed by atoms with Crippen molar-refractivity contribution in [2.75, 3.05) is 5.43 Å². The van der Waals surface area contributed by atoms with Crippen molar-refractivity contribution in [3.63, 3.8) is 0 Å². The summed E-state index contributed by atoms with van der Waals surface area (Å²) in [5.74, 6) is 7.91. The molecule has 5 heteroatoms. The highest BCUT2D eigenvalue weighted by Crippen LogP contribution is 2.28. The van der Waals surface area contributed by atoms with Crippen LogP contribution in [-0.2, 0) is 6.42 Å². The number of nitrogens with two attached hydrogens (primary N) is 1. The lowest BCUT2D eigenvalue weighted by atomic mass is 9.99. The molecule has 1 aromatic heterocycles. The molecule has 112 valence electrons. The smallest absolute Gasteiger partial charge is 0.227 e. The largest absolute Gasteiger partial charge is 0.439 e. The first-order valence-corrected chi connectivity index (χ1v) is 7.27. The van der Waals surface area contributed by atoms with E-state index in [1.165, 1.54) is 11.9 Å². The molecule has 0 fully saturated rings. The molecule has 21 heavy (non-hydrogen) atoms. The van der Waals surface area contributed by atoms with Crippen LogP contribution in [0.1, 0.15) is 44.2 Å². The molecule has 0 spiro atoms. The van der Waals surface area contributed by atoms with E-state index in [4.69, 9.17) is 10.6 Å². The van der Waals surface area contributed by atoms with Crippen LogP contribution in [0.2, 0.25) is 0 Å². The van der Waals surface area contributed by atoms with Gasteiger partial charge in [0.05, 0.1) is 5.56 Å². The van der Waals surface area contributed by atoms with Crippen LogP contribution in [0, 0.1) is 0 Å². The molecule has 0 amide bonds. The third-order valence-electron chi connectivity index (χ3n) is 3.67. The lowest BCUT2D eigenvalue weighted by Gasteiger charge is -2.13. The SMILES string of the molecule is CCc1c(NN)ncnc1Oc1ccc(C(C)CC)cc1. The molecule has 0 aliphatic rings. The average Bonchev–Trinajstić information content (AvgIpc) is 2.54. The molecule has 0 saturated carbocycles. The Hall–Kier alpha value is -2.14. The molecule has 1 atom stereocenters. The summed E-state index contributed by atoms with van der Waals surface area (Å²) in [7, 11) is 0. The van der Waals surface area contributed by atoms with Crippen LogP contribution in [-0.4, -0.2) is 9.97 Å². The van der Waals surface area contributed by atoms with Gasteiger partial charge in [0.25, 0.3) is 0 Å². The maximum absolute atomic E-state index is 5.86. The third-order valence-corrected chi connectivity index (χ3v) is 3.67. The molecule has 2 aromatic rings. The van der Waals surface area contributed by atoms with Gasteiger partial charge >= 0.3 is 0 Å². The van der Waals surface area contributed by atoms with E-state index in [0.717, 1.165) is 24.2 Å². The van der Waals surface area contributed by atoms with Gasteiger partial charge in [-0.3, -0.25) is 0 Å². The highest BCUT2D eigenvalue weighted by atomic mass is 16.5. The zero-order valence-corrected chi connectivity index (χ0v) is 12.8. The number of benzene rings is 1. The van der Waals surface area contributed by atoms with Crippen molar-refractivity contribution >= 4 is 5.82 Å². The van der Waals surface area contributed by atoms with Crippen LogP contribution in [0.15, 0.2) is 30.6 Å². The number of hydrazine groups is 1. The van der Waals surface area contributed by atoms with Crippen molar-refractivity contribution in [3.05, 3.63) is 41.7 Å². The number of nitrogens with zero attached hydrogens (tertiary/aromatic N) is 2. The first kappa shape index (κ1) is 15.3. The molecule has 5 nitrogen and oxygen atoms in total. The second-order valence-electron chi connectivity index (χ2n) is 4.98. The van der Waals surface area contributed by atoms with E-state index >= 15 is 0 Å². The lowest BCUT2D eigenvalue weighted by Crippen LogP contribution is -2.12. The Labute approximate surface area is 125 Å². The average molecular weight is 286 g/mol. The summed E-state index contributed by atoms with van der Waals surface area (Å²) in [5.41, 5.74) is 4.75. The minimum Gasteiger partial charge on any atom is -0.439 e. The van der Waals surface area contributed by atoms with Crippen molar-refractivity contribution in [1.82, 2.24) is 9.97 Å². The number of nitrogens with one attached hydrogen (secondary N) is 1. The van der Waals surface area contributed by atoms with Gasteiger partial charge in [0.2, 0.25) is 5.88 Å². The summed E-state index contributed by atoms with van der Waals surface area (Å²) in [6.07, 6.45) is 3.30. The van der Waals surface area contributed by atoms with E-state index in [0.29, 0.717) is 17.6 Å². The summed E-state index contributed by atoms with van der Waals surface area (Å²) in [6.45, 7) is 6.41. The fraction of sp³-hybridized carbons (Fsp3) is 0.375. The normalized spacial score (nSPS) is 12.0. The van der Waals surface area contributed by atoms with E-state index in [1.54, 1.807) is 0 Å². The number of rotatable bonds is 6. The van der Waals surface area contributed by atoms with Gasteiger partial charge in [0.15, 0.2) is 0 Å². The Morgan fingerprint density at radius 3 is 2.48 bits per heavy atom. The monoisotopic (exact) mass is 286 g/mol. The Morgan fingerprint density at radius 2 is 1.90 bits per heavy atom. The number of anilines is 1. The molecule has 3 N–H and O–H groups in total. The fourth-order valence-corrected chi connectivity index (χ4v) is 2.14. The van der Waals surface area contributed by atoms with Gasteiger partial charge < -0.3 is 10.2 Å². The van der Waals surface area contributed by atoms with E-state index in [1.807, 2.05) is 19.1 Å². The second-order valence-corrected chi connectivity index (χ2v) is 4.98. The third kappa shape index (κ3) is 3.49. The molecule has 0 aliphatic heterocycles. The minimum atomic E-state index is 0.539. The van der Waals surface area contributed by atoms with Crippen LogP contribution >= 0.6 is 0 Å². The Kier molecular flexibility index (Phi) is 5.11. The summed E-state index contributed by atoms with van der Waals surface area (Å²) in [6, 6.07) is 8.13. The zero-order chi connectivity index (χ0) is 15.2. The van der Waals surface area contributed by atoms with E-state index in [9.17, 15) is 0 Å². The van der Waals surface area contributed by atoms with E-state index in [-0.39, 0.29) is 0 Å². The van der Waals surface area contributed by atoms with E-state index < -0.39 is 0 Å². The van der Waals surface area contributed by atoms with Crippen LogP contribution in [0.25, 0.3) is 0 Å². The molecule has 0 saturated heterocycles. The number of nitrogen functional groups attached to an aromatic ring is 1. The van der Waals surface area contributed by atoms with Crippen molar-refractivity contribution in [2.24, 2.45) is 5.84 Å². The van der Waals surface area contributed by atoms with Crippen LogP contribution in [0.5, 0.6) is 11.6 Å². The number of ether oxygens (including phenoxy) is 1. The Morgan fingerprint density at radius 1 is 1.19 bits per heavy atom. The van der Waals surface area contributed by atoms with Gasteiger partial charge in [-0.15, -0.1) is 0 Å². The molecular weight excluding hydrogens is 264 g/mol. The van der Waals surface area contributed by atoms with Gasteiger partial charge in [-0.2, -0.15) is 0 Å². The predicted octanol–water partition coefficient (Wildman–Crippen LogP) is 3.63. The predicted molar refractivity (Wildman–Crippen MR) is 84.4 cm³/mol. The van der Waals surface area contributed by atoms with Gasteiger partial charge in [-0.25, -0.2) is 15.8 Å². The van der Waals surface area contributed by atoms with Gasteiger partial charge in [-0.05, 0) is 36.5 Å². The molecule has 0 bridgehead atoms. The maximum atomic E-state index is 5.86. The summed E-state index contributed by atoms with van der Waals surface area (Å²) < 4.78 is 5.86. The minimum absolute atomic E-state index is 0.539. The number of hydrogen-bond acceptors (Lipinski definition) is 5. The molecule has 2 rings (SSSR count). The van der Waals surface area contributed by atoms with Crippen molar-refractivity contribution < 1.29 is 4.74 Å². The van der Waals surface area contributed by atoms with Gasteiger partial charge in [-0.1, -0.05) is 32.9 Å². The summed E-state index contributed by atoms with van der Waals surface area (Å²) in [4.78, 5) is 8.29. The Bertz CT molecular complexity index is 583. The zero-order valence-electron chi connectivity index (χ0n) is 12.8. The number of hydrogen-bond donors (Lipinski definition) is 2. The first-order valence-electron chi connectivity index (χ1n) is 7.27. The lowest BCUT2D eigenvalue weighted by molar-refractivity contribution is 0.455. The van der Waals surface area contributed by atoms with Gasteiger partial charge in [0.1, 0.15) is 17.9 Å². The highest BCUT2D eigenvalue weighted by molar-refractivity contribution is 5.49. The molecule has 0 aliphatic carbocycles. The standard InChI is InChI=1S/C16H22N4O/c1-4-11(3)12-6-8-13(9-7-12)21-16-14(5-2)15(20-17)18-10-19-16/h6-11H,4-5,17H2,1-3H3,(H,18,19,20). The quantitative estimate of drug-likeness (QED) is 0.626. The Balaban J connectivity index is 2.22. The van der Waals surface area contributed by atoms with Crippen molar-refractivity contribution in [3.8, 4) is 11.6 Å². The summed E-state index contributed by atoms with van der Waals surface area (Å²) in [5, 5.41) is 0. The van der Waals surface area contributed by atoms with Crippen molar-refractivity contribution in [1.29, 1.82) is 0 Å². The second kappa shape index (κ2) is 7.04. The molecule has 1 heterocycles.